The number of halogens is 4. The highest BCUT2D eigenvalue weighted by atomic mass is 35.5. The van der Waals surface area contributed by atoms with Crippen LogP contribution < -0.4 is 5.32 Å². The van der Waals surface area contributed by atoms with Gasteiger partial charge in [-0.15, -0.1) is 0 Å². The average Bonchev–Trinajstić information content (AvgIpc) is 2.78. The minimum atomic E-state index is -4.48. The van der Waals surface area contributed by atoms with E-state index < -0.39 is 11.7 Å². The maximum absolute atomic E-state index is 12.8. The summed E-state index contributed by atoms with van der Waals surface area (Å²) in [6.07, 6.45) is -1.14. The highest BCUT2D eigenvalue weighted by molar-refractivity contribution is 6.31. The standard InChI is InChI=1S/C13H13ClF3N3/c1-8(2)20-6-5-18-12(20)19-9-3-4-11(14)10(7-9)13(15,16)17/h3-8H,1-2H3,(H,18,19). The Hall–Kier alpha value is -1.69. The number of nitrogens with one attached hydrogen (secondary N) is 1. The van der Waals surface area contributed by atoms with Crippen molar-refractivity contribution in [1.29, 1.82) is 0 Å². The van der Waals surface area contributed by atoms with E-state index in [1.165, 1.54) is 12.1 Å². The summed E-state index contributed by atoms with van der Waals surface area (Å²) < 4.78 is 40.2. The van der Waals surface area contributed by atoms with Crippen LogP contribution >= 0.6 is 11.6 Å². The van der Waals surface area contributed by atoms with Crippen molar-refractivity contribution in [1.82, 2.24) is 9.55 Å². The number of hydrogen-bond donors (Lipinski definition) is 1. The van der Waals surface area contributed by atoms with Crippen LogP contribution in [0.5, 0.6) is 0 Å². The summed E-state index contributed by atoms with van der Waals surface area (Å²) in [4.78, 5) is 4.08. The molecule has 1 aromatic carbocycles. The molecule has 2 aromatic rings. The largest absolute Gasteiger partial charge is 0.417 e. The maximum Gasteiger partial charge on any atom is 0.417 e. The molecule has 20 heavy (non-hydrogen) atoms. The van der Waals surface area contributed by atoms with Gasteiger partial charge >= 0.3 is 6.18 Å². The first-order valence-electron chi connectivity index (χ1n) is 5.95. The van der Waals surface area contributed by atoms with Crippen molar-refractivity contribution in [3.63, 3.8) is 0 Å². The van der Waals surface area contributed by atoms with Crippen molar-refractivity contribution in [2.24, 2.45) is 0 Å². The Balaban J connectivity index is 2.33. The number of hydrogen-bond acceptors (Lipinski definition) is 2. The Morgan fingerprint density at radius 2 is 2.00 bits per heavy atom. The van der Waals surface area contributed by atoms with Crippen molar-refractivity contribution in [3.05, 3.63) is 41.2 Å². The fourth-order valence-corrected chi connectivity index (χ4v) is 2.00. The van der Waals surface area contributed by atoms with Crippen molar-refractivity contribution < 1.29 is 13.2 Å². The third kappa shape index (κ3) is 3.07. The number of alkyl halides is 3. The number of rotatable bonds is 3. The summed E-state index contributed by atoms with van der Waals surface area (Å²) in [5.41, 5.74) is -0.582. The third-order valence-corrected chi connectivity index (χ3v) is 3.08. The van der Waals surface area contributed by atoms with Gasteiger partial charge in [0.05, 0.1) is 10.6 Å². The van der Waals surface area contributed by atoms with Crippen LogP contribution in [0.15, 0.2) is 30.6 Å². The zero-order valence-corrected chi connectivity index (χ0v) is 11.6. The van der Waals surface area contributed by atoms with Crippen LogP contribution in [0.25, 0.3) is 0 Å². The second-order valence-corrected chi connectivity index (χ2v) is 4.98. The van der Waals surface area contributed by atoms with E-state index >= 15 is 0 Å². The summed E-state index contributed by atoms with van der Waals surface area (Å²) in [7, 11) is 0. The number of nitrogens with zero attached hydrogens (tertiary/aromatic N) is 2. The molecule has 1 N–H and O–H groups in total. The fourth-order valence-electron chi connectivity index (χ4n) is 1.78. The van der Waals surface area contributed by atoms with Gasteiger partial charge in [-0.1, -0.05) is 11.6 Å². The predicted molar refractivity (Wildman–Crippen MR) is 72.3 cm³/mol. The molecule has 2 rings (SSSR count). The van der Waals surface area contributed by atoms with Gasteiger partial charge in [-0.05, 0) is 32.0 Å². The van der Waals surface area contributed by atoms with Crippen LogP contribution in [0, 0.1) is 0 Å². The first-order chi connectivity index (χ1) is 9.29. The van der Waals surface area contributed by atoms with E-state index in [1.54, 1.807) is 12.4 Å². The number of anilines is 2. The van der Waals surface area contributed by atoms with E-state index in [1.807, 2.05) is 18.4 Å². The van der Waals surface area contributed by atoms with Gasteiger partial charge in [0.2, 0.25) is 5.95 Å². The van der Waals surface area contributed by atoms with Crippen molar-refractivity contribution >= 4 is 23.2 Å². The highest BCUT2D eigenvalue weighted by Crippen LogP contribution is 2.36. The van der Waals surface area contributed by atoms with Crippen molar-refractivity contribution in [2.75, 3.05) is 5.32 Å². The van der Waals surface area contributed by atoms with E-state index in [4.69, 9.17) is 11.6 Å². The molecule has 108 valence electrons. The van der Waals surface area contributed by atoms with Gasteiger partial charge in [-0.3, -0.25) is 0 Å². The van der Waals surface area contributed by atoms with Crippen LogP contribution in [0.1, 0.15) is 25.5 Å². The first kappa shape index (κ1) is 14.7. The smallest absolute Gasteiger partial charge is 0.326 e. The molecule has 0 aliphatic heterocycles. The molecule has 7 heteroatoms. The van der Waals surface area contributed by atoms with Crippen LogP contribution in [-0.2, 0) is 6.18 Å². The summed E-state index contributed by atoms with van der Waals surface area (Å²) in [5, 5.41) is 2.54. The molecule has 0 amide bonds. The van der Waals surface area contributed by atoms with Gasteiger partial charge in [-0.2, -0.15) is 13.2 Å². The second-order valence-electron chi connectivity index (χ2n) is 4.57. The zero-order chi connectivity index (χ0) is 14.9. The maximum atomic E-state index is 12.8. The number of benzene rings is 1. The molecular weight excluding hydrogens is 291 g/mol. The first-order valence-corrected chi connectivity index (χ1v) is 6.33. The van der Waals surface area contributed by atoms with Gasteiger partial charge in [0.15, 0.2) is 0 Å². The van der Waals surface area contributed by atoms with Gasteiger partial charge in [0.25, 0.3) is 0 Å². The molecule has 1 heterocycles. The number of aromatic nitrogens is 2. The van der Waals surface area contributed by atoms with Crippen LogP contribution in [0.4, 0.5) is 24.8 Å². The van der Waals surface area contributed by atoms with Gasteiger partial charge < -0.3 is 9.88 Å². The zero-order valence-electron chi connectivity index (χ0n) is 10.9. The Bertz CT molecular complexity index is 605. The Kier molecular flexibility index (Phi) is 3.94. The summed E-state index contributed by atoms with van der Waals surface area (Å²) in [5.74, 6) is 0.482. The lowest BCUT2D eigenvalue weighted by Gasteiger charge is -2.14. The lowest BCUT2D eigenvalue weighted by atomic mass is 10.2. The van der Waals surface area contributed by atoms with Gasteiger partial charge in [0, 0.05) is 24.1 Å². The second kappa shape index (κ2) is 5.36. The van der Waals surface area contributed by atoms with E-state index in [2.05, 4.69) is 10.3 Å². The average molecular weight is 304 g/mol. The van der Waals surface area contributed by atoms with Crippen LogP contribution in [-0.4, -0.2) is 9.55 Å². The molecule has 0 aliphatic rings. The van der Waals surface area contributed by atoms with E-state index in [0.29, 0.717) is 5.95 Å². The van der Waals surface area contributed by atoms with E-state index in [9.17, 15) is 13.2 Å². The SMILES string of the molecule is CC(C)n1ccnc1Nc1ccc(Cl)c(C(F)(F)F)c1. The third-order valence-electron chi connectivity index (χ3n) is 2.75. The molecule has 0 aliphatic carbocycles. The molecule has 0 saturated carbocycles. The van der Waals surface area contributed by atoms with E-state index in [0.717, 1.165) is 6.07 Å². The molecule has 1 aromatic heterocycles. The van der Waals surface area contributed by atoms with Crippen LogP contribution in [0.2, 0.25) is 5.02 Å². The Morgan fingerprint density at radius 1 is 1.30 bits per heavy atom. The highest BCUT2D eigenvalue weighted by Gasteiger charge is 2.33. The predicted octanol–water partition coefficient (Wildman–Crippen LogP) is 4.88. The van der Waals surface area contributed by atoms with Crippen LogP contribution in [0.3, 0.4) is 0 Å². The lowest BCUT2D eigenvalue weighted by molar-refractivity contribution is -0.137. The molecule has 3 nitrogen and oxygen atoms in total. The Labute approximate surface area is 119 Å². The van der Waals surface area contributed by atoms with Crippen molar-refractivity contribution in [2.45, 2.75) is 26.1 Å². The summed E-state index contributed by atoms with van der Waals surface area (Å²) in [6, 6.07) is 3.82. The van der Waals surface area contributed by atoms with Crippen molar-refractivity contribution in [3.8, 4) is 0 Å². The molecule has 0 saturated heterocycles. The normalized spacial score (nSPS) is 11.9. The molecule has 0 fully saturated rings. The number of imidazole rings is 1. The molecular formula is C13H13ClF3N3. The fraction of sp³-hybridized carbons (Fsp3) is 0.308. The van der Waals surface area contributed by atoms with E-state index in [-0.39, 0.29) is 16.8 Å². The molecule has 0 unspecified atom stereocenters. The Morgan fingerprint density at radius 3 is 2.60 bits per heavy atom. The van der Waals surface area contributed by atoms with Gasteiger partial charge in [-0.25, -0.2) is 4.98 Å². The van der Waals surface area contributed by atoms with Gasteiger partial charge in [0.1, 0.15) is 0 Å². The molecule has 0 atom stereocenters. The minimum absolute atomic E-state index is 0.148. The lowest BCUT2D eigenvalue weighted by Crippen LogP contribution is -2.08. The minimum Gasteiger partial charge on any atom is -0.326 e. The monoisotopic (exact) mass is 303 g/mol. The quantitative estimate of drug-likeness (QED) is 0.875. The molecule has 0 bridgehead atoms. The summed E-state index contributed by atoms with van der Waals surface area (Å²) >= 11 is 5.58. The summed E-state index contributed by atoms with van der Waals surface area (Å²) in [6.45, 7) is 3.91. The topological polar surface area (TPSA) is 29.9 Å². The molecule has 0 radical (unpaired) electrons. The molecule has 0 spiro atoms.